The van der Waals surface area contributed by atoms with Crippen LogP contribution in [0.3, 0.4) is 0 Å². The van der Waals surface area contributed by atoms with Crippen molar-refractivity contribution in [2.24, 2.45) is 5.84 Å². The molecule has 2 unspecified atom stereocenters. The third kappa shape index (κ3) is 3.19. The van der Waals surface area contributed by atoms with E-state index in [0.717, 1.165) is 12.8 Å². The first-order valence-corrected chi connectivity index (χ1v) is 6.43. The van der Waals surface area contributed by atoms with Crippen molar-refractivity contribution < 1.29 is 17.9 Å². The summed E-state index contributed by atoms with van der Waals surface area (Å²) in [5.41, 5.74) is 2.53. The van der Waals surface area contributed by atoms with Crippen LogP contribution in [0, 0.1) is 0 Å². The second-order valence-electron chi connectivity index (χ2n) is 4.16. The van der Waals surface area contributed by atoms with E-state index in [4.69, 9.17) is 10.6 Å². The van der Waals surface area contributed by atoms with Crippen molar-refractivity contribution in [1.29, 1.82) is 0 Å². The zero-order chi connectivity index (χ0) is 13.2. The summed E-state index contributed by atoms with van der Waals surface area (Å²) >= 11 is 0.622. The van der Waals surface area contributed by atoms with Crippen LogP contribution in [0.15, 0.2) is 6.20 Å². The maximum Gasteiger partial charge on any atom is 0.443 e. The lowest BCUT2D eigenvalue weighted by Crippen LogP contribution is -2.30. The van der Waals surface area contributed by atoms with Crippen molar-refractivity contribution in [2.75, 3.05) is 6.61 Å². The van der Waals surface area contributed by atoms with Crippen molar-refractivity contribution in [3.05, 3.63) is 16.1 Å². The van der Waals surface area contributed by atoms with Gasteiger partial charge in [-0.25, -0.2) is 4.98 Å². The van der Waals surface area contributed by atoms with Crippen LogP contribution in [-0.2, 0) is 10.9 Å². The molecule has 0 spiro atoms. The van der Waals surface area contributed by atoms with Gasteiger partial charge in [0.25, 0.3) is 0 Å². The lowest BCUT2D eigenvalue weighted by Gasteiger charge is -2.17. The van der Waals surface area contributed by atoms with Gasteiger partial charge in [0.05, 0.1) is 12.1 Å². The molecule has 4 nitrogen and oxygen atoms in total. The summed E-state index contributed by atoms with van der Waals surface area (Å²) < 4.78 is 42.8. The fraction of sp³-hybridized carbons (Fsp3) is 0.700. The van der Waals surface area contributed by atoms with E-state index in [2.05, 4.69) is 10.4 Å². The summed E-state index contributed by atoms with van der Waals surface area (Å²) in [5.74, 6) is 5.39. The minimum Gasteiger partial charge on any atom is -0.378 e. The predicted molar refractivity (Wildman–Crippen MR) is 60.8 cm³/mol. The fourth-order valence-electron chi connectivity index (χ4n) is 1.94. The zero-order valence-corrected chi connectivity index (χ0v) is 10.4. The van der Waals surface area contributed by atoms with E-state index < -0.39 is 11.2 Å². The van der Waals surface area contributed by atoms with Gasteiger partial charge in [-0.3, -0.25) is 11.3 Å². The number of rotatable bonds is 4. The largest absolute Gasteiger partial charge is 0.443 e. The molecule has 0 saturated carbocycles. The first-order valence-electron chi connectivity index (χ1n) is 5.61. The van der Waals surface area contributed by atoms with Crippen LogP contribution in [0.5, 0.6) is 0 Å². The third-order valence-electron chi connectivity index (χ3n) is 2.83. The van der Waals surface area contributed by atoms with Crippen molar-refractivity contribution in [1.82, 2.24) is 10.4 Å². The number of hydrogen-bond acceptors (Lipinski definition) is 5. The maximum absolute atomic E-state index is 12.4. The first kappa shape index (κ1) is 13.7. The van der Waals surface area contributed by atoms with E-state index in [1.165, 1.54) is 6.20 Å². The molecule has 0 radical (unpaired) electrons. The van der Waals surface area contributed by atoms with E-state index in [1.807, 2.05) is 0 Å². The Labute approximate surface area is 106 Å². The monoisotopic (exact) mass is 281 g/mol. The predicted octanol–water partition coefficient (Wildman–Crippen LogP) is 2.24. The Morgan fingerprint density at radius 1 is 1.61 bits per heavy atom. The highest BCUT2D eigenvalue weighted by Crippen LogP contribution is 2.35. The number of nitrogens with two attached hydrogens (primary N) is 1. The number of nitrogens with one attached hydrogen (secondary N) is 1. The van der Waals surface area contributed by atoms with Crippen LogP contribution in [-0.4, -0.2) is 17.7 Å². The van der Waals surface area contributed by atoms with E-state index in [0.29, 0.717) is 29.2 Å². The molecule has 1 aliphatic heterocycles. The lowest BCUT2D eigenvalue weighted by atomic mass is 10.1. The molecule has 0 amide bonds. The van der Waals surface area contributed by atoms with Crippen LogP contribution in [0.25, 0.3) is 0 Å². The Balaban J connectivity index is 2.05. The van der Waals surface area contributed by atoms with E-state index in [9.17, 15) is 13.2 Å². The normalized spacial score (nSPS) is 22.3. The standard InChI is InChI=1S/C10H14F3N3OS/c11-10(12,13)9-15-5-8(18-9)7(16-14)4-6-2-1-3-17-6/h5-7,16H,1-4,14H2. The highest BCUT2D eigenvalue weighted by atomic mass is 32.1. The molecule has 2 atom stereocenters. The number of nitrogens with zero attached hydrogens (tertiary/aromatic N) is 1. The Bertz CT molecular complexity index is 390. The van der Waals surface area contributed by atoms with Crippen LogP contribution >= 0.6 is 11.3 Å². The summed E-state index contributed by atoms with van der Waals surface area (Å²) in [6, 6.07) is -0.346. The van der Waals surface area contributed by atoms with Crippen LogP contribution < -0.4 is 11.3 Å². The van der Waals surface area contributed by atoms with Gasteiger partial charge in [-0.1, -0.05) is 0 Å². The zero-order valence-electron chi connectivity index (χ0n) is 9.54. The van der Waals surface area contributed by atoms with Gasteiger partial charge in [0.1, 0.15) is 0 Å². The molecule has 0 aromatic carbocycles. The summed E-state index contributed by atoms with van der Waals surface area (Å²) in [5, 5.41) is -0.843. The smallest absolute Gasteiger partial charge is 0.378 e. The highest BCUT2D eigenvalue weighted by Gasteiger charge is 2.35. The number of thiazole rings is 1. The molecule has 0 bridgehead atoms. The molecular weight excluding hydrogens is 267 g/mol. The van der Waals surface area contributed by atoms with Crippen molar-refractivity contribution in [3.63, 3.8) is 0 Å². The Kier molecular flexibility index (Phi) is 4.21. The average molecular weight is 281 g/mol. The Hall–Kier alpha value is -0.700. The molecule has 102 valence electrons. The fourth-order valence-corrected chi connectivity index (χ4v) is 2.79. The van der Waals surface area contributed by atoms with Gasteiger partial charge in [0, 0.05) is 17.7 Å². The number of alkyl halides is 3. The molecule has 1 fully saturated rings. The molecule has 2 heterocycles. The van der Waals surface area contributed by atoms with Crippen molar-refractivity contribution >= 4 is 11.3 Å². The molecule has 2 rings (SSSR count). The highest BCUT2D eigenvalue weighted by molar-refractivity contribution is 7.11. The maximum atomic E-state index is 12.4. The quantitative estimate of drug-likeness (QED) is 0.656. The van der Waals surface area contributed by atoms with Gasteiger partial charge >= 0.3 is 6.18 Å². The SMILES string of the molecule is NNC(CC1CCCO1)c1cnc(C(F)(F)F)s1. The number of ether oxygens (including phenoxy) is 1. The summed E-state index contributed by atoms with van der Waals surface area (Å²) in [4.78, 5) is 3.87. The number of halogens is 3. The Morgan fingerprint density at radius 2 is 2.39 bits per heavy atom. The number of hydrazine groups is 1. The van der Waals surface area contributed by atoms with E-state index >= 15 is 0 Å². The van der Waals surface area contributed by atoms with E-state index in [1.54, 1.807) is 0 Å². The van der Waals surface area contributed by atoms with Gasteiger partial charge in [-0.15, -0.1) is 11.3 Å². The second-order valence-corrected chi connectivity index (χ2v) is 5.22. The van der Waals surface area contributed by atoms with Crippen molar-refractivity contribution in [3.8, 4) is 0 Å². The molecule has 3 N–H and O–H groups in total. The minimum atomic E-state index is -4.40. The summed E-state index contributed by atoms with van der Waals surface area (Å²) in [6.07, 6.45) is -0.640. The van der Waals surface area contributed by atoms with Crippen LogP contribution in [0.4, 0.5) is 13.2 Å². The average Bonchev–Trinajstić information content (AvgIpc) is 2.95. The van der Waals surface area contributed by atoms with Gasteiger partial charge in [-0.2, -0.15) is 13.2 Å². The first-order chi connectivity index (χ1) is 8.50. The molecule has 1 aromatic heterocycles. The topological polar surface area (TPSA) is 60.2 Å². The van der Waals surface area contributed by atoms with Gasteiger partial charge in [-0.05, 0) is 19.3 Å². The third-order valence-corrected chi connectivity index (χ3v) is 3.99. The molecule has 1 aliphatic rings. The molecule has 1 aromatic rings. The molecule has 0 aliphatic carbocycles. The molecule has 8 heteroatoms. The molecule has 1 saturated heterocycles. The number of hydrogen-bond donors (Lipinski definition) is 2. The Morgan fingerprint density at radius 3 is 2.89 bits per heavy atom. The van der Waals surface area contributed by atoms with Crippen LogP contribution in [0.1, 0.15) is 35.2 Å². The summed E-state index contributed by atoms with van der Waals surface area (Å²) in [6.45, 7) is 0.707. The van der Waals surface area contributed by atoms with Gasteiger partial charge in [0.2, 0.25) is 0 Å². The molecular formula is C10H14F3N3OS. The summed E-state index contributed by atoms with van der Waals surface area (Å²) in [7, 11) is 0. The number of aromatic nitrogens is 1. The van der Waals surface area contributed by atoms with Crippen LogP contribution in [0.2, 0.25) is 0 Å². The van der Waals surface area contributed by atoms with Gasteiger partial charge in [0.15, 0.2) is 5.01 Å². The van der Waals surface area contributed by atoms with Gasteiger partial charge < -0.3 is 4.74 Å². The van der Waals surface area contributed by atoms with E-state index in [-0.39, 0.29) is 12.1 Å². The lowest BCUT2D eigenvalue weighted by molar-refractivity contribution is -0.137. The minimum absolute atomic E-state index is 0.0579. The molecule has 18 heavy (non-hydrogen) atoms. The van der Waals surface area contributed by atoms with Crippen molar-refractivity contribution in [2.45, 2.75) is 37.6 Å². The second kappa shape index (κ2) is 5.52.